The van der Waals surface area contributed by atoms with Gasteiger partial charge in [0.25, 0.3) is 0 Å². The summed E-state index contributed by atoms with van der Waals surface area (Å²) in [6.45, 7) is 7.39. The average Bonchev–Trinajstić information content (AvgIpc) is 1.72. The predicted octanol–water partition coefficient (Wildman–Crippen LogP) is 1.98. The lowest BCUT2D eigenvalue weighted by atomic mass is 10.5. The first-order valence-corrected chi connectivity index (χ1v) is 3.42. The van der Waals surface area contributed by atoms with Crippen LogP contribution in [0.5, 0.6) is 0 Å². The van der Waals surface area contributed by atoms with E-state index >= 15 is 0 Å². The smallest absolute Gasteiger partial charge is 0.00275 e. The van der Waals surface area contributed by atoms with E-state index in [0.29, 0.717) is 0 Å². The summed E-state index contributed by atoms with van der Waals surface area (Å²) in [6.07, 6.45) is 1.26. The molecule has 0 aromatic heterocycles. The van der Waals surface area contributed by atoms with Crippen LogP contribution < -0.4 is 0 Å². The topological polar surface area (TPSA) is 3.24 Å². The SMILES string of the molecule is CC.CCCN(C)C. The molecule has 1 nitrogen and oxygen atoms in total. The molecule has 52 valence electrons. The van der Waals surface area contributed by atoms with Gasteiger partial charge in [0.2, 0.25) is 0 Å². The van der Waals surface area contributed by atoms with Crippen LogP contribution in [0.15, 0.2) is 0 Å². The van der Waals surface area contributed by atoms with Crippen molar-refractivity contribution < 1.29 is 0 Å². The molecule has 0 spiro atoms. The minimum Gasteiger partial charge on any atom is -0.309 e. The maximum absolute atomic E-state index is 2.18. The van der Waals surface area contributed by atoms with Gasteiger partial charge in [-0.15, -0.1) is 0 Å². The highest BCUT2D eigenvalue weighted by Crippen LogP contribution is 1.76. The molecule has 0 saturated heterocycles. The van der Waals surface area contributed by atoms with Crippen molar-refractivity contribution in [3.05, 3.63) is 0 Å². The molecule has 1 heteroatoms. The van der Waals surface area contributed by atoms with Crippen LogP contribution in [0.4, 0.5) is 0 Å². The monoisotopic (exact) mass is 117 g/mol. The van der Waals surface area contributed by atoms with Crippen molar-refractivity contribution >= 4 is 0 Å². The number of rotatable bonds is 2. The highest BCUT2D eigenvalue weighted by atomic mass is 15.0. The van der Waals surface area contributed by atoms with Crippen LogP contribution in [0.2, 0.25) is 0 Å². The fourth-order valence-corrected chi connectivity index (χ4v) is 0.447. The Morgan fingerprint density at radius 3 is 1.50 bits per heavy atom. The Hall–Kier alpha value is -0.0400. The third-order valence-corrected chi connectivity index (χ3v) is 0.671. The Morgan fingerprint density at radius 2 is 1.50 bits per heavy atom. The summed E-state index contributed by atoms with van der Waals surface area (Å²) >= 11 is 0. The van der Waals surface area contributed by atoms with E-state index in [-0.39, 0.29) is 0 Å². The zero-order valence-corrected chi connectivity index (χ0v) is 6.86. The molecule has 0 heterocycles. The highest BCUT2D eigenvalue weighted by Gasteiger charge is 1.79. The van der Waals surface area contributed by atoms with Gasteiger partial charge < -0.3 is 4.90 Å². The van der Waals surface area contributed by atoms with Gasteiger partial charge in [0.15, 0.2) is 0 Å². The zero-order valence-electron chi connectivity index (χ0n) is 6.86. The van der Waals surface area contributed by atoms with Crippen molar-refractivity contribution in [2.24, 2.45) is 0 Å². The van der Waals surface area contributed by atoms with E-state index in [2.05, 4.69) is 25.9 Å². The second-order valence-electron chi connectivity index (χ2n) is 1.80. The zero-order chi connectivity index (χ0) is 6.99. The van der Waals surface area contributed by atoms with E-state index in [1.807, 2.05) is 13.8 Å². The average molecular weight is 117 g/mol. The van der Waals surface area contributed by atoms with Gasteiger partial charge in [0.1, 0.15) is 0 Å². The summed E-state index contributed by atoms with van der Waals surface area (Å²) in [6, 6.07) is 0. The van der Waals surface area contributed by atoms with Gasteiger partial charge in [-0.05, 0) is 27.1 Å². The summed E-state index contributed by atoms with van der Waals surface area (Å²) in [7, 11) is 4.17. The Labute approximate surface area is 53.7 Å². The van der Waals surface area contributed by atoms with Crippen molar-refractivity contribution in [2.75, 3.05) is 20.6 Å². The Balaban J connectivity index is 0. The summed E-state index contributed by atoms with van der Waals surface area (Å²) in [5.74, 6) is 0. The molecule has 0 aromatic rings. The Kier molecular flexibility index (Phi) is 13.6. The molecule has 8 heavy (non-hydrogen) atoms. The largest absolute Gasteiger partial charge is 0.309 e. The van der Waals surface area contributed by atoms with Crippen LogP contribution in [0, 0.1) is 0 Å². The van der Waals surface area contributed by atoms with Gasteiger partial charge in [0.05, 0.1) is 0 Å². The van der Waals surface area contributed by atoms with Gasteiger partial charge >= 0.3 is 0 Å². The molecular formula is C7H19N. The quantitative estimate of drug-likeness (QED) is 0.534. The van der Waals surface area contributed by atoms with E-state index < -0.39 is 0 Å². The third-order valence-electron chi connectivity index (χ3n) is 0.671. The van der Waals surface area contributed by atoms with Gasteiger partial charge in [-0.3, -0.25) is 0 Å². The standard InChI is InChI=1S/C5H13N.C2H6/c1-4-5-6(2)3;1-2/h4-5H2,1-3H3;1-2H3. The highest BCUT2D eigenvalue weighted by molar-refractivity contribution is 4.34. The van der Waals surface area contributed by atoms with Crippen LogP contribution in [0.3, 0.4) is 0 Å². The van der Waals surface area contributed by atoms with Gasteiger partial charge in [-0.1, -0.05) is 20.8 Å². The van der Waals surface area contributed by atoms with E-state index in [9.17, 15) is 0 Å². The molecule has 0 atom stereocenters. The first kappa shape index (κ1) is 10.9. The van der Waals surface area contributed by atoms with E-state index in [4.69, 9.17) is 0 Å². The molecule has 0 fully saturated rings. The fraction of sp³-hybridized carbons (Fsp3) is 1.00. The molecule has 0 amide bonds. The van der Waals surface area contributed by atoms with Gasteiger partial charge in [0, 0.05) is 0 Å². The first-order valence-electron chi connectivity index (χ1n) is 3.42. The Morgan fingerprint density at radius 1 is 1.12 bits per heavy atom. The summed E-state index contributed by atoms with van der Waals surface area (Å²) in [5, 5.41) is 0. The van der Waals surface area contributed by atoms with Crippen molar-refractivity contribution in [1.29, 1.82) is 0 Å². The molecule has 0 saturated carbocycles. The number of hydrogen-bond acceptors (Lipinski definition) is 1. The molecule has 0 unspecified atom stereocenters. The van der Waals surface area contributed by atoms with E-state index in [1.165, 1.54) is 13.0 Å². The van der Waals surface area contributed by atoms with E-state index in [0.717, 1.165) is 0 Å². The molecular weight excluding hydrogens is 98.1 g/mol. The van der Waals surface area contributed by atoms with E-state index in [1.54, 1.807) is 0 Å². The molecule has 0 rings (SSSR count). The summed E-state index contributed by atoms with van der Waals surface area (Å²) in [4.78, 5) is 2.18. The second-order valence-corrected chi connectivity index (χ2v) is 1.80. The maximum atomic E-state index is 2.18. The normalized spacial score (nSPS) is 8.25. The Bertz CT molecular complexity index is 25.6. The van der Waals surface area contributed by atoms with Crippen LogP contribution in [0.1, 0.15) is 27.2 Å². The maximum Gasteiger partial charge on any atom is -0.00275 e. The van der Waals surface area contributed by atoms with Crippen molar-refractivity contribution in [3.63, 3.8) is 0 Å². The van der Waals surface area contributed by atoms with Crippen LogP contribution in [0.25, 0.3) is 0 Å². The number of hydrogen-bond donors (Lipinski definition) is 0. The lowest BCUT2D eigenvalue weighted by Crippen LogP contribution is -2.11. The molecule has 0 aromatic carbocycles. The minimum absolute atomic E-state index is 1.21. The van der Waals surface area contributed by atoms with Crippen LogP contribution in [-0.4, -0.2) is 25.5 Å². The molecule has 0 radical (unpaired) electrons. The second kappa shape index (κ2) is 10.0. The molecule has 0 aliphatic heterocycles. The van der Waals surface area contributed by atoms with Crippen molar-refractivity contribution in [3.8, 4) is 0 Å². The molecule has 0 aliphatic rings. The molecule has 0 bridgehead atoms. The minimum atomic E-state index is 1.21. The fourth-order valence-electron chi connectivity index (χ4n) is 0.447. The molecule has 0 N–H and O–H groups in total. The van der Waals surface area contributed by atoms with Gasteiger partial charge in [-0.2, -0.15) is 0 Å². The third kappa shape index (κ3) is 16.7. The lowest BCUT2D eigenvalue weighted by Gasteiger charge is -2.03. The first-order chi connectivity index (χ1) is 3.77. The summed E-state index contributed by atoms with van der Waals surface area (Å²) in [5.41, 5.74) is 0. The van der Waals surface area contributed by atoms with Crippen molar-refractivity contribution in [2.45, 2.75) is 27.2 Å². The van der Waals surface area contributed by atoms with Crippen LogP contribution >= 0.6 is 0 Å². The van der Waals surface area contributed by atoms with Gasteiger partial charge in [-0.25, -0.2) is 0 Å². The summed E-state index contributed by atoms with van der Waals surface area (Å²) < 4.78 is 0. The van der Waals surface area contributed by atoms with Crippen LogP contribution in [-0.2, 0) is 0 Å². The molecule has 0 aliphatic carbocycles. The lowest BCUT2D eigenvalue weighted by molar-refractivity contribution is 0.408. The number of nitrogens with zero attached hydrogens (tertiary/aromatic N) is 1. The van der Waals surface area contributed by atoms with Crippen molar-refractivity contribution in [1.82, 2.24) is 4.90 Å². The predicted molar refractivity (Wildman–Crippen MR) is 40.2 cm³/mol.